The van der Waals surface area contributed by atoms with Gasteiger partial charge in [0.1, 0.15) is 18.9 Å². The minimum Gasteiger partial charge on any atom is -0.491 e. The van der Waals surface area contributed by atoms with Gasteiger partial charge in [-0.15, -0.1) is 0 Å². The predicted octanol–water partition coefficient (Wildman–Crippen LogP) is 3.58. The first-order valence-corrected chi connectivity index (χ1v) is 12.3. The molecular formula is C23H25ClN2O6S. The first-order valence-electron chi connectivity index (χ1n) is 10.5. The van der Waals surface area contributed by atoms with E-state index in [9.17, 15) is 18.3 Å². The molecular weight excluding hydrogens is 468 g/mol. The van der Waals surface area contributed by atoms with E-state index < -0.39 is 16.0 Å². The maximum atomic E-state index is 13.2. The molecule has 1 unspecified atom stereocenters. The molecule has 1 atom stereocenters. The summed E-state index contributed by atoms with van der Waals surface area (Å²) < 4.78 is 40.0. The van der Waals surface area contributed by atoms with Crippen LogP contribution in [0.15, 0.2) is 53.6 Å². The van der Waals surface area contributed by atoms with Crippen LogP contribution in [0.25, 0.3) is 10.9 Å². The second-order valence-corrected chi connectivity index (χ2v) is 10.3. The van der Waals surface area contributed by atoms with E-state index in [2.05, 4.69) is 0 Å². The molecule has 2 heterocycles. The molecule has 2 aromatic carbocycles. The molecule has 0 amide bonds. The van der Waals surface area contributed by atoms with Crippen molar-refractivity contribution in [3.05, 3.63) is 59.2 Å². The first-order chi connectivity index (χ1) is 15.8. The molecule has 176 valence electrons. The van der Waals surface area contributed by atoms with Crippen molar-refractivity contribution in [2.75, 3.05) is 33.4 Å². The van der Waals surface area contributed by atoms with Crippen LogP contribution in [0.3, 0.4) is 0 Å². The first kappa shape index (κ1) is 23.6. The molecule has 0 bridgehead atoms. The number of aromatic nitrogens is 1. The summed E-state index contributed by atoms with van der Waals surface area (Å²) in [6, 6.07) is 11.7. The number of methoxy groups -OCH3 is 1. The van der Waals surface area contributed by atoms with Gasteiger partial charge in [0.2, 0.25) is 10.0 Å². The number of aliphatic carboxylic acids is 1. The van der Waals surface area contributed by atoms with Gasteiger partial charge in [0.25, 0.3) is 0 Å². The number of benzene rings is 2. The Hall–Kier alpha value is -2.59. The molecule has 0 radical (unpaired) electrons. The third-order valence-electron chi connectivity index (χ3n) is 5.79. The third-order valence-corrected chi connectivity index (χ3v) is 7.90. The normalized spacial score (nSPS) is 17.0. The second-order valence-electron chi connectivity index (χ2n) is 7.93. The number of carboxylic acid groups (broad SMARTS) is 1. The number of sulfonamides is 1. The standard InChI is InChI=1S/C23H25ClN2O6S/c1-31-10-11-32-18-3-5-19(6-4-18)33(29,30)26-9-8-16(13-26)21-14-25(15-23(27)28)22-7-2-17(24)12-20(21)22/h2-7,12,14,16H,8-11,13,15H2,1H3,(H,27,28). The number of carboxylic acids is 1. The number of hydrogen-bond donors (Lipinski definition) is 1. The SMILES string of the molecule is COCCOc1ccc(S(=O)(=O)N2CCC(c3cn(CC(=O)O)c4ccc(Cl)cc34)C2)cc1. The Kier molecular flexibility index (Phi) is 6.94. The van der Waals surface area contributed by atoms with E-state index >= 15 is 0 Å². The molecule has 33 heavy (non-hydrogen) atoms. The fourth-order valence-corrected chi connectivity index (χ4v) is 5.87. The van der Waals surface area contributed by atoms with E-state index in [1.165, 1.54) is 4.31 Å². The van der Waals surface area contributed by atoms with Crippen molar-refractivity contribution in [1.82, 2.24) is 8.87 Å². The van der Waals surface area contributed by atoms with E-state index in [1.54, 1.807) is 48.1 Å². The molecule has 0 saturated carbocycles. The molecule has 1 N–H and O–H groups in total. The lowest BCUT2D eigenvalue weighted by Gasteiger charge is -2.17. The lowest BCUT2D eigenvalue weighted by molar-refractivity contribution is -0.137. The highest BCUT2D eigenvalue weighted by Crippen LogP contribution is 2.37. The maximum Gasteiger partial charge on any atom is 0.323 e. The Labute approximate surface area is 197 Å². The highest BCUT2D eigenvalue weighted by molar-refractivity contribution is 7.89. The molecule has 1 aliphatic rings. The van der Waals surface area contributed by atoms with Crippen LogP contribution in [0, 0.1) is 0 Å². The van der Waals surface area contributed by atoms with Gasteiger partial charge >= 0.3 is 5.97 Å². The zero-order valence-corrected chi connectivity index (χ0v) is 19.7. The van der Waals surface area contributed by atoms with Crippen molar-refractivity contribution in [3.63, 3.8) is 0 Å². The van der Waals surface area contributed by atoms with Crippen LogP contribution < -0.4 is 4.74 Å². The molecule has 10 heteroatoms. The number of halogens is 1. The number of carbonyl (C=O) groups is 1. The maximum absolute atomic E-state index is 13.2. The van der Waals surface area contributed by atoms with Gasteiger partial charge in [0, 0.05) is 48.2 Å². The van der Waals surface area contributed by atoms with Crippen LogP contribution in [0.4, 0.5) is 0 Å². The van der Waals surface area contributed by atoms with Gasteiger partial charge in [-0.05, 0) is 54.4 Å². The Balaban J connectivity index is 1.55. The van der Waals surface area contributed by atoms with Crippen molar-refractivity contribution in [2.45, 2.75) is 23.8 Å². The van der Waals surface area contributed by atoms with Gasteiger partial charge < -0.3 is 19.1 Å². The van der Waals surface area contributed by atoms with E-state index in [4.69, 9.17) is 21.1 Å². The second kappa shape index (κ2) is 9.72. The summed E-state index contributed by atoms with van der Waals surface area (Å²) >= 11 is 6.20. The Morgan fingerprint density at radius 2 is 1.94 bits per heavy atom. The quantitative estimate of drug-likeness (QED) is 0.458. The Bertz CT molecular complexity index is 1260. The summed E-state index contributed by atoms with van der Waals surface area (Å²) in [7, 11) is -2.08. The van der Waals surface area contributed by atoms with E-state index in [1.807, 2.05) is 12.3 Å². The van der Waals surface area contributed by atoms with Crippen LogP contribution in [0.2, 0.25) is 5.02 Å². The topological polar surface area (TPSA) is 98.1 Å². The smallest absolute Gasteiger partial charge is 0.323 e. The fourth-order valence-electron chi connectivity index (χ4n) is 4.20. The molecule has 0 spiro atoms. The van der Waals surface area contributed by atoms with Crippen molar-refractivity contribution in [1.29, 1.82) is 0 Å². The number of ether oxygens (including phenoxy) is 2. The third kappa shape index (κ3) is 5.01. The van der Waals surface area contributed by atoms with Crippen molar-refractivity contribution in [3.8, 4) is 5.75 Å². The summed E-state index contributed by atoms with van der Waals surface area (Å²) in [4.78, 5) is 11.5. The van der Waals surface area contributed by atoms with Gasteiger partial charge in [0.05, 0.1) is 11.5 Å². The lowest BCUT2D eigenvalue weighted by atomic mass is 9.98. The van der Waals surface area contributed by atoms with E-state index in [-0.39, 0.29) is 17.4 Å². The minimum atomic E-state index is -3.67. The molecule has 1 aromatic heterocycles. The van der Waals surface area contributed by atoms with Gasteiger partial charge in [-0.25, -0.2) is 8.42 Å². The van der Waals surface area contributed by atoms with Crippen molar-refractivity contribution >= 4 is 38.5 Å². The molecule has 1 saturated heterocycles. The summed E-state index contributed by atoms with van der Waals surface area (Å²) in [5.41, 5.74) is 1.68. The summed E-state index contributed by atoms with van der Waals surface area (Å²) in [5, 5.41) is 10.7. The van der Waals surface area contributed by atoms with Gasteiger partial charge in [-0.1, -0.05) is 11.6 Å². The molecule has 1 fully saturated rings. The highest BCUT2D eigenvalue weighted by atomic mass is 35.5. The predicted molar refractivity (Wildman–Crippen MR) is 125 cm³/mol. The average molecular weight is 493 g/mol. The van der Waals surface area contributed by atoms with E-state index in [0.717, 1.165) is 16.5 Å². The number of rotatable bonds is 9. The number of nitrogens with zero attached hydrogens (tertiary/aromatic N) is 2. The van der Waals surface area contributed by atoms with Gasteiger partial charge in [-0.3, -0.25) is 4.79 Å². The number of hydrogen-bond acceptors (Lipinski definition) is 5. The Morgan fingerprint density at radius 3 is 2.64 bits per heavy atom. The zero-order valence-electron chi connectivity index (χ0n) is 18.1. The van der Waals surface area contributed by atoms with E-state index in [0.29, 0.717) is 43.5 Å². The summed E-state index contributed by atoms with van der Waals surface area (Å²) in [6.45, 7) is 1.35. The molecule has 8 nitrogen and oxygen atoms in total. The van der Waals surface area contributed by atoms with Crippen LogP contribution in [-0.2, 0) is 26.1 Å². The Morgan fingerprint density at radius 1 is 1.18 bits per heavy atom. The summed E-state index contributed by atoms with van der Waals surface area (Å²) in [5.74, 6) is -0.431. The summed E-state index contributed by atoms with van der Waals surface area (Å²) in [6.07, 6.45) is 2.44. The average Bonchev–Trinajstić information content (AvgIpc) is 3.39. The number of fused-ring (bicyclic) bond motifs is 1. The molecule has 3 aromatic rings. The van der Waals surface area contributed by atoms with Crippen molar-refractivity contribution in [2.24, 2.45) is 0 Å². The largest absolute Gasteiger partial charge is 0.491 e. The van der Waals surface area contributed by atoms with Gasteiger partial charge in [0.15, 0.2) is 0 Å². The lowest BCUT2D eigenvalue weighted by Crippen LogP contribution is -2.28. The van der Waals surface area contributed by atoms with Crippen LogP contribution in [-0.4, -0.2) is 61.8 Å². The highest BCUT2D eigenvalue weighted by Gasteiger charge is 2.34. The van der Waals surface area contributed by atoms with Gasteiger partial charge in [-0.2, -0.15) is 4.31 Å². The molecule has 0 aliphatic carbocycles. The monoisotopic (exact) mass is 492 g/mol. The van der Waals surface area contributed by atoms with Crippen molar-refractivity contribution < 1.29 is 27.8 Å². The molecule has 4 rings (SSSR count). The molecule has 1 aliphatic heterocycles. The minimum absolute atomic E-state index is 0.0626. The van der Waals surface area contributed by atoms with Crippen LogP contribution >= 0.6 is 11.6 Å². The van der Waals surface area contributed by atoms with Crippen LogP contribution in [0.1, 0.15) is 17.9 Å². The van der Waals surface area contributed by atoms with Crippen LogP contribution in [0.5, 0.6) is 5.75 Å². The zero-order chi connectivity index (χ0) is 23.6. The fraction of sp³-hybridized carbons (Fsp3) is 0.348.